The molecular weight excluding hydrogens is 287 g/mol. The van der Waals surface area contributed by atoms with E-state index >= 15 is 0 Å². The van der Waals surface area contributed by atoms with Crippen LogP contribution in [-0.2, 0) is 0 Å². The van der Waals surface area contributed by atoms with Crippen molar-refractivity contribution in [2.24, 2.45) is 0 Å². The Morgan fingerprint density at radius 3 is 1.95 bits per heavy atom. The van der Waals surface area contributed by atoms with Crippen LogP contribution in [0.2, 0.25) is 0 Å². The average molecular weight is 307 g/mol. The van der Waals surface area contributed by atoms with E-state index in [0.29, 0.717) is 12.2 Å². The predicted octanol–water partition coefficient (Wildman–Crippen LogP) is 3.32. The Kier molecular flexibility index (Phi) is 6.14. The molecule has 1 aromatic rings. The molecule has 0 radical (unpaired) electrons. The van der Waals surface area contributed by atoms with Crippen molar-refractivity contribution in [1.29, 1.82) is 0 Å². The number of ether oxygens (including phenoxy) is 3. The highest BCUT2D eigenvalue weighted by Crippen LogP contribution is 2.42. The van der Waals surface area contributed by atoms with Gasteiger partial charge in [0.05, 0.1) is 21.3 Å². The van der Waals surface area contributed by atoms with Gasteiger partial charge < -0.3 is 19.5 Å². The van der Waals surface area contributed by atoms with Crippen molar-refractivity contribution in [3.05, 3.63) is 17.7 Å². The van der Waals surface area contributed by atoms with Crippen LogP contribution in [0.4, 0.5) is 13.2 Å². The minimum Gasteiger partial charge on any atom is -0.496 e. The minimum atomic E-state index is -4.44. The number of rotatable bonds is 7. The van der Waals surface area contributed by atoms with Crippen molar-refractivity contribution < 1.29 is 27.4 Å². The van der Waals surface area contributed by atoms with E-state index in [0.717, 1.165) is 0 Å². The Hall–Kier alpha value is -1.63. The normalized spacial score (nSPS) is 12.9. The fourth-order valence-corrected chi connectivity index (χ4v) is 1.97. The van der Waals surface area contributed by atoms with Crippen LogP contribution in [0.1, 0.15) is 24.9 Å². The van der Waals surface area contributed by atoms with Gasteiger partial charge in [-0.1, -0.05) is 6.92 Å². The van der Waals surface area contributed by atoms with Gasteiger partial charge in [-0.15, -0.1) is 0 Å². The maximum absolute atomic E-state index is 13.3. The summed E-state index contributed by atoms with van der Waals surface area (Å²) in [5, 5.41) is 2.49. The maximum Gasteiger partial charge on any atom is 0.408 e. The fourth-order valence-electron chi connectivity index (χ4n) is 1.97. The molecule has 0 amide bonds. The lowest BCUT2D eigenvalue weighted by Crippen LogP contribution is -2.35. The second-order valence-corrected chi connectivity index (χ2v) is 4.38. The Labute approximate surface area is 122 Å². The van der Waals surface area contributed by atoms with Gasteiger partial charge in [0.1, 0.15) is 11.8 Å². The third kappa shape index (κ3) is 4.17. The first-order valence-electron chi connectivity index (χ1n) is 6.49. The van der Waals surface area contributed by atoms with Gasteiger partial charge in [0.2, 0.25) is 0 Å². The topological polar surface area (TPSA) is 39.7 Å². The molecule has 120 valence electrons. The molecule has 0 saturated heterocycles. The van der Waals surface area contributed by atoms with Gasteiger partial charge in [-0.25, -0.2) is 0 Å². The molecule has 0 aliphatic heterocycles. The lowest BCUT2D eigenvalue weighted by molar-refractivity contribution is -0.158. The molecular formula is C14H20F3NO3. The largest absolute Gasteiger partial charge is 0.496 e. The Morgan fingerprint density at radius 2 is 1.52 bits per heavy atom. The Bertz CT molecular complexity index is 464. The van der Waals surface area contributed by atoms with E-state index in [1.54, 1.807) is 6.92 Å². The van der Waals surface area contributed by atoms with Gasteiger partial charge in [-0.2, -0.15) is 13.2 Å². The van der Waals surface area contributed by atoms with Crippen LogP contribution in [0.3, 0.4) is 0 Å². The number of hydrogen-bond donors (Lipinski definition) is 1. The lowest BCUT2D eigenvalue weighted by Gasteiger charge is -2.24. The molecule has 4 nitrogen and oxygen atoms in total. The number of methoxy groups -OCH3 is 3. The number of benzene rings is 1. The Morgan fingerprint density at radius 1 is 1.00 bits per heavy atom. The summed E-state index contributed by atoms with van der Waals surface area (Å²) >= 11 is 0. The molecule has 0 aliphatic carbocycles. The van der Waals surface area contributed by atoms with Crippen LogP contribution in [0, 0.1) is 0 Å². The van der Waals surface area contributed by atoms with Crippen molar-refractivity contribution in [3.63, 3.8) is 0 Å². The molecule has 0 fully saturated rings. The van der Waals surface area contributed by atoms with E-state index in [9.17, 15) is 13.2 Å². The monoisotopic (exact) mass is 307 g/mol. The zero-order chi connectivity index (χ0) is 16.0. The number of alkyl halides is 3. The Balaban J connectivity index is 3.34. The first-order valence-corrected chi connectivity index (χ1v) is 6.49. The molecule has 1 atom stereocenters. The average Bonchev–Trinajstić information content (AvgIpc) is 2.45. The summed E-state index contributed by atoms with van der Waals surface area (Å²) < 4.78 is 55.0. The van der Waals surface area contributed by atoms with Crippen molar-refractivity contribution in [2.75, 3.05) is 27.9 Å². The van der Waals surface area contributed by atoms with Crippen molar-refractivity contribution in [1.82, 2.24) is 5.32 Å². The predicted molar refractivity (Wildman–Crippen MR) is 73.2 cm³/mol. The smallest absolute Gasteiger partial charge is 0.408 e. The van der Waals surface area contributed by atoms with E-state index in [2.05, 4.69) is 5.32 Å². The zero-order valence-electron chi connectivity index (χ0n) is 12.5. The van der Waals surface area contributed by atoms with Crippen LogP contribution >= 0.6 is 0 Å². The van der Waals surface area contributed by atoms with Crippen LogP contribution in [-0.4, -0.2) is 34.1 Å². The fraction of sp³-hybridized carbons (Fsp3) is 0.571. The highest BCUT2D eigenvalue weighted by molar-refractivity contribution is 5.52. The standard InChI is InChI=1S/C14H20F3NO3/c1-5-6-18-13(14(15,16)17)9-7-11(20-3)12(21-4)8-10(9)19-2/h7-8,13,18H,5-6H2,1-4H3. The summed E-state index contributed by atoms with van der Waals surface area (Å²) in [7, 11) is 4.10. The van der Waals surface area contributed by atoms with E-state index in [-0.39, 0.29) is 23.6 Å². The van der Waals surface area contributed by atoms with Crippen molar-refractivity contribution in [2.45, 2.75) is 25.6 Å². The second kappa shape index (κ2) is 7.40. The molecule has 21 heavy (non-hydrogen) atoms. The third-order valence-corrected chi connectivity index (χ3v) is 2.97. The van der Waals surface area contributed by atoms with Crippen LogP contribution in [0.15, 0.2) is 12.1 Å². The molecule has 7 heteroatoms. The first-order chi connectivity index (χ1) is 9.88. The number of halogens is 3. The molecule has 1 rings (SSSR count). The van der Waals surface area contributed by atoms with Crippen molar-refractivity contribution in [3.8, 4) is 17.2 Å². The highest BCUT2D eigenvalue weighted by Gasteiger charge is 2.42. The van der Waals surface area contributed by atoms with Gasteiger partial charge in [-0.05, 0) is 19.0 Å². The van der Waals surface area contributed by atoms with Gasteiger partial charge >= 0.3 is 6.18 Å². The summed E-state index contributed by atoms with van der Waals surface area (Å²) in [6.07, 6.45) is -3.86. The molecule has 0 bridgehead atoms. The van der Waals surface area contributed by atoms with Gasteiger partial charge in [0.25, 0.3) is 0 Å². The molecule has 0 aliphatic rings. The molecule has 0 saturated carbocycles. The zero-order valence-corrected chi connectivity index (χ0v) is 12.5. The maximum atomic E-state index is 13.3. The summed E-state index contributed by atoms with van der Waals surface area (Å²) in [5.41, 5.74) is -0.0314. The minimum absolute atomic E-state index is 0.0314. The second-order valence-electron chi connectivity index (χ2n) is 4.38. The molecule has 1 aromatic carbocycles. The van der Waals surface area contributed by atoms with E-state index in [1.807, 2.05) is 0 Å². The lowest BCUT2D eigenvalue weighted by atomic mass is 10.0. The van der Waals surface area contributed by atoms with Gasteiger partial charge in [-0.3, -0.25) is 0 Å². The molecule has 0 aromatic heterocycles. The SMILES string of the molecule is CCCNC(c1cc(OC)c(OC)cc1OC)C(F)(F)F. The van der Waals surface area contributed by atoms with Crippen LogP contribution < -0.4 is 19.5 Å². The number of hydrogen-bond acceptors (Lipinski definition) is 4. The number of nitrogens with one attached hydrogen (secondary N) is 1. The highest BCUT2D eigenvalue weighted by atomic mass is 19.4. The molecule has 1 unspecified atom stereocenters. The van der Waals surface area contributed by atoms with Crippen molar-refractivity contribution >= 4 is 0 Å². The van der Waals surface area contributed by atoms with Gasteiger partial charge in [0.15, 0.2) is 11.5 Å². The van der Waals surface area contributed by atoms with Crippen LogP contribution in [0.5, 0.6) is 17.2 Å². The third-order valence-electron chi connectivity index (χ3n) is 2.97. The first kappa shape index (κ1) is 17.4. The summed E-state index contributed by atoms with van der Waals surface area (Å²) in [6.45, 7) is 2.04. The van der Waals surface area contributed by atoms with E-state index in [4.69, 9.17) is 14.2 Å². The van der Waals surface area contributed by atoms with E-state index < -0.39 is 12.2 Å². The molecule has 1 N–H and O–H groups in total. The quantitative estimate of drug-likeness (QED) is 0.839. The summed E-state index contributed by atoms with van der Waals surface area (Å²) in [6, 6.07) is 0.853. The molecule has 0 heterocycles. The summed E-state index contributed by atoms with van der Waals surface area (Å²) in [4.78, 5) is 0. The van der Waals surface area contributed by atoms with Crippen LogP contribution in [0.25, 0.3) is 0 Å². The van der Waals surface area contributed by atoms with E-state index in [1.165, 1.54) is 33.5 Å². The van der Waals surface area contributed by atoms with Gasteiger partial charge in [0, 0.05) is 11.6 Å². The summed E-state index contributed by atoms with van der Waals surface area (Å²) in [5.74, 6) is 0.633. The molecule has 0 spiro atoms.